The highest BCUT2D eigenvalue weighted by Crippen LogP contribution is 2.71. The third kappa shape index (κ3) is 7.44. The van der Waals surface area contributed by atoms with Gasteiger partial charge in [-0.25, -0.2) is 8.70 Å². The summed E-state index contributed by atoms with van der Waals surface area (Å²) in [6.07, 6.45) is 1.44. The van der Waals surface area contributed by atoms with E-state index in [0.717, 1.165) is 67.5 Å². The lowest BCUT2D eigenvalue weighted by atomic mass is 9.39. The fourth-order valence-electron chi connectivity index (χ4n) is 6.02. The molecular weight excluding hydrogens is 552 g/mol. The van der Waals surface area contributed by atoms with Gasteiger partial charge in [-0.3, -0.25) is 9.79 Å². The summed E-state index contributed by atoms with van der Waals surface area (Å²) in [5.41, 5.74) is 6.29. The maximum atomic E-state index is 13.5. The van der Waals surface area contributed by atoms with Crippen LogP contribution in [0.5, 0.6) is 0 Å². The van der Waals surface area contributed by atoms with Crippen LogP contribution in [0.1, 0.15) is 76.8 Å². The summed E-state index contributed by atoms with van der Waals surface area (Å²) < 4.78 is 54.9. The molecule has 2 aromatic carbocycles. The highest BCUT2D eigenvalue weighted by Gasteiger charge is 2.72. The Bertz CT molecular complexity index is 1190. The molecule has 1 amide bonds. The first kappa shape index (κ1) is 31.3. The number of hydrogen-bond acceptors (Lipinski definition) is 4. The highest BCUT2D eigenvalue weighted by molar-refractivity contribution is 7.97. The van der Waals surface area contributed by atoms with Crippen molar-refractivity contribution in [2.75, 3.05) is 6.54 Å². The number of alkyl halides is 3. The van der Waals surface area contributed by atoms with Gasteiger partial charge in [0.15, 0.2) is 0 Å². The van der Waals surface area contributed by atoms with Crippen LogP contribution < -0.4 is 11.1 Å². The number of amidine groups is 1. The number of carbonyl (C=O) groups is 1. The van der Waals surface area contributed by atoms with E-state index in [2.05, 4.69) is 16.5 Å². The molecule has 5 nitrogen and oxygen atoms in total. The van der Waals surface area contributed by atoms with Gasteiger partial charge in [0, 0.05) is 40.9 Å². The normalized spacial score (nSPS) is 22.8. The monoisotopic (exact) mass is 592 g/mol. The predicted octanol–water partition coefficient (Wildman–Crippen LogP) is 7.35. The Morgan fingerprint density at radius 2 is 1.71 bits per heavy atom. The maximum Gasteiger partial charge on any atom is 0.416 e. The van der Waals surface area contributed by atoms with Crippen LogP contribution in [0.3, 0.4) is 0 Å². The minimum Gasteiger partial charge on any atom is -0.387 e. The molecule has 5 rings (SSSR count). The third-order valence-electron chi connectivity index (χ3n) is 8.14. The number of carbonyl (C=O) groups excluding carboxylic acids is 1. The maximum absolute atomic E-state index is 13.5. The van der Waals surface area contributed by atoms with Crippen LogP contribution in [0, 0.1) is 17.2 Å². The van der Waals surface area contributed by atoms with Crippen LogP contribution in [0.4, 0.5) is 17.6 Å². The third-order valence-corrected chi connectivity index (χ3v) is 9.36. The van der Waals surface area contributed by atoms with Crippen LogP contribution in [-0.2, 0) is 17.5 Å². The summed E-state index contributed by atoms with van der Waals surface area (Å²) in [5.74, 6) is 0.421. The van der Waals surface area contributed by atoms with Gasteiger partial charge in [-0.05, 0) is 106 Å². The predicted molar refractivity (Wildman–Crippen MR) is 156 cm³/mol. The number of aliphatic imine (C=N–C) groups is 1. The molecule has 10 heteroatoms. The van der Waals surface area contributed by atoms with Gasteiger partial charge in [0.1, 0.15) is 11.7 Å². The van der Waals surface area contributed by atoms with Gasteiger partial charge in [-0.2, -0.15) is 13.2 Å². The summed E-state index contributed by atoms with van der Waals surface area (Å²) in [6.45, 7) is 7.04. The van der Waals surface area contributed by atoms with Crippen molar-refractivity contribution in [3.8, 4) is 0 Å². The van der Waals surface area contributed by atoms with Gasteiger partial charge in [0.05, 0.1) is 5.56 Å². The molecule has 0 aliphatic heterocycles. The number of nitrogens with one attached hydrogen (secondary N) is 1. The SMILES string of the molecule is CCCC(CCCN=C(N)C12CC(N(Cc3ccc(C(F)(F)F)cc3)Sc3ccc(F)cc3)(C1)C2)C(=O)NC(C)C. The van der Waals surface area contributed by atoms with E-state index in [1.807, 2.05) is 13.8 Å². The quantitative estimate of drug-likeness (QED) is 0.0791. The molecule has 0 radical (unpaired) electrons. The number of benzene rings is 2. The lowest BCUT2D eigenvalue weighted by molar-refractivity contribution is -0.146. The number of hydrogen-bond donors (Lipinski definition) is 2. The van der Waals surface area contributed by atoms with E-state index in [4.69, 9.17) is 10.7 Å². The van der Waals surface area contributed by atoms with E-state index < -0.39 is 11.7 Å². The average Bonchev–Trinajstić information content (AvgIpc) is 2.85. The number of rotatable bonds is 14. The zero-order valence-corrected chi connectivity index (χ0v) is 24.8. The van der Waals surface area contributed by atoms with Crippen molar-refractivity contribution in [3.05, 3.63) is 65.5 Å². The summed E-state index contributed by atoms with van der Waals surface area (Å²) in [5, 5.41) is 3.01. The van der Waals surface area contributed by atoms with E-state index in [-0.39, 0.29) is 34.6 Å². The van der Waals surface area contributed by atoms with Crippen LogP contribution in [-0.4, -0.2) is 34.2 Å². The molecule has 1 atom stereocenters. The molecule has 0 heterocycles. The van der Waals surface area contributed by atoms with Gasteiger partial charge in [0.25, 0.3) is 0 Å². The van der Waals surface area contributed by atoms with E-state index >= 15 is 0 Å². The van der Waals surface area contributed by atoms with Gasteiger partial charge in [0.2, 0.25) is 5.91 Å². The minimum absolute atomic E-state index is 0.0146. The van der Waals surface area contributed by atoms with Gasteiger partial charge < -0.3 is 11.1 Å². The van der Waals surface area contributed by atoms with Crippen LogP contribution in [0.25, 0.3) is 0 Å². The van der Waals surface area contributed by atoms with E-state index in [0.29, 0.717) is 18.9 Å². The second-order valence-electron chi connectivity index (χ2n) is 11.9. The molecule has 224 valence electrons. The Labute approximate surface area is 244 Å². The second kappa shape index (κ2) is 12.7. The fraction of sp³-hybridized carbons (Fsp3) is 0.548. The van der Waals surface area contributed by atoms with Crippen LogP contribution in [0.2, 0.25) is 0 Å². The Balaban J connectivity index is 1.38. The van der Waals surface area contributed by atoms with Crippen molar-refractivity contribution in [3.63, 3.8) is 0 Å². The number of nitrogens with zero attached hydrogens (tertiary/aromatic N) is 2. The topological polar surface area (TPSA) is 70.7 Å². The zero-order chi connectivity index (χ0) is 29.8. The lowest BCUT2D eigenvalue weighted by Gasteiger charge is -2.73. The molecule has 41 heavy (non-hydrogen) atoms. The first-order chi connectivity index (χ1) is 19.4. The van der Waals surface area contributed by atoms with Crippen molar-refractivity contribution in [2.45, 2.75) is 94.9 Å². The fourth-order valence-corrected chi connectivity index (χ4v) is 7.13. The smallest absolute Gasteiger partial charge is 0.387 e. The molecule has 1 unspecified atom stereocenters. The number of amides is 1. The van der Waals surface area contributed by atoms with Crippen molar-refractivity contribution < 1.29 is 22.4 Å². The number of nitrogens with two attached hydrogens (primary N) is 1. The van der Waals surface area contributed by atoms with Crippen LogP contribution in [0.15, 0.2) is 58.4 Å². The lowest BCUT2D eigenvalue weighted by Crippen LogP contribution is -2.76. The van der Waals surface area contributed by atoms with Crippen molar-refractivity contribution >= 4 is 23.7 Å². The number of halogens is 4. The largest absolute Gasteiger partial charge is 0.416 e. The Hall–Kier alpha value is -2.59. The Morgan fingerprint density at radius 3 is 2.27 bits per heavy atom. The summed E-state index contributed by atoms with van der Waals surface area (Å²) in [4.78, 5) is 18.0. The summed E-state index contributed by atoms with van der Waals surface area (Å²) >= 11 is 1.50. The molecule has 2 bridgehead atoms. The molecular formula is C31H40F4N4OS. The molecule has 3 aliphatic rings. The summed E-state index contributed by atoms with van der Waals surface area (Å²) in [6, 6.07) is 11.6. The molecule has 0 aromatic heterocycles. The molecule has 3 N–H and O–H groups in total. The highest BCUT2D eigenvalue weighted by atomic mass is 32.2. The van der Waals surface area contributed by atoms with Crippen molar-refractivity contribution in [1.29, 1.82) is 0 Å². The zero-order valence-electron chi connectivity index (χ0n) is 23.9. The van der Waals surface area contributed by atoms with E-state index in [9.17, 15) is 22.4 Å². The minimum atomic E-state index is -4.38. The molecule has 2 aromatic rings. The average molecular weight is 593 g/mol. The van der Waals surface area contributed by atoms with Crippen LogP contribution >= 0.6 is 11.9 Å². The van der Waals surface area contributed by atoms with Gasteiger partial charge in [-0.15, -0.1) is 0 Å². The van der Waals surface area contributed by atoms with E-state index in [1.54, 1.807) is 12.1 Å². The van der Waals surface area contributed by atoms with Crippen molar-refractivity contribution in [2.24, 2.45) is 22.1 Å². The Kier molecular flexibility index (Phi) is 9.74. The molecule has 3 saturated carbocycles. The van der Waals surface area contributed by atoms with Crippen molar-refractivity contribution in [1.82, 2.24) is 9.62 Å². The first-order valence-electron chi connectivity index (χ1n) is 14.3. The molecule has 0 spiro atoms. The standard InChI is InChI=1S/C31H40F4N4OS/c1-4-6-23(27(40)38-21(2)3)7-5-16-37-28(36)29-18-30(19-29,20-29)39(41-26-14-12-25(32)13-15-26)17-22-8-10-24(11-9-22)31(33,34)35/h8-15,21,23H,4-7,16-20H2,1-3H3,(H2,36,37)(H,38,40). The Morgan fingerprint density at radius 1 is 1.07 bits per heavy atom. The first-order valence-corrected chi connectivity index (χ1v) is 15.1. The van der Waals surface area contributed by atoms with E-state index in [1.165, 1.54) is 36.2 Å². The van der Waals surface area contributed by atoms with Gasteiger partial charge in [-0.1, -0.05) is 25.5 Å². The molecule has 0 saturated heterocycles. The molecule has 3 aliphatic carbocycles. The second-order valence-corrected chi connectivity index (χ2v) is 13.0. The molecule has 3 fully saturated rings. The van der Waals surface area contributed by atoms with Gasteiger partial charge >= 0.3 is 6.18 Å². The summed E-state index contributed by atoms with van der Waals surface area (Å²) in [7, 11) is 0.